The Labute approximate surface area is 99.2 Å². The van der Waals surface area contributed by atoms with E-state index >= 15 is 0 Å². The van der Waals surface area contributed by atoms with E-state index in [4.69, 9.17) is 16.0 Å². The molecule has 0 amide bonds. The Morgan fingerprint density at radius 2 is 2.12 bits per heavy atom. The summed E-state index contributed by atoms with van der Waals surface area (Å²) in [5.41, 5.74) is 1.85. The molecule has 0 aliphatic carbocycles. The zero-order valence-corrected chi connectivity index (χ0v) is 10.0. The number of aryl methyl sites for hydroxylation is 1. The van der Waals surface area contributed by atoms with Crippen molar-refractivity contribution in [1.29, 1.82) is 0 Å². The molecule has 1 aromatic heterocycles. The monoisotopic (exact) mass is 236 g/mol. The number of furan rings is 1. The summed E-state index contributed by atoms with van der Waals surface area (Å²) in [6.45, 7) is 3.65. The van der Waals surface area contributed by atoms with Crippen molar-refractivity contribution in [2.24, 2.45) is 0 Å². The average molecular weight is 237 g/mol. The van der Waals surface area contributed by atoms with E-state index in [1.807, 2.05) is 31.2 Å². The lowest BCUT2D eigenvalue weighted by atomic mass is 10.1. The van der Waals surface area contributed by atoms with Crippen molar-refractivity contribution in [1.82, 2.24) is 0 Å². The maximum Gasteiger partial charge on any atom is 0.157 e. The number of carbonyl (C=O) groups excluding carboxylic acids is 1. The van der Waals surface area contributed by atoms with E-state index in [0.717, 1.165) is 22.3 Å². The predicted octanol–water partition coefficient (Wildman–Crippen LogP) is 3.48. The van der Waals surface area contributed by atoms with Gasteiger partial charge in [0, 0.05) is 5.39 Å². The topological polar surface area (TPSA) is 30.2 Å². The molecule has 0 aliphatic heterocycles. The lowest BCUT2D eigenvalue weighted by Crippen LogP contribution is -2.13. The van der Waals surface area contributed by atoms with Gasteiger partial charge in [0.25, 0.3) is 0 Å². The average Bonchev–Trinajstić information content (AvgIpc) is 2.56. The molecule has 2 aromatic rings. The fraction of sp³-hybridized carbons (Fsp3) is 0.308. The van der Waals surface area contributed by atoms with Crippen molar-refractivity contribution in [3.8, 4) is 0 Å². The zero-order chi connectivity index (χ0) is 11.7. The van der Waals surface area contributed by atoms with Crippen LogP contribution < -0.4 is 0 Å². The van der Waals surface area contributed by atoms with E-state index in [1.165, 1.54) is 0 Å². The van der Waals surface area contributed by atoms with E-state index in [1.54, 1.807) is 6.92 Å². The minimum atomic E-state index is -0.465. The van der Waals surface area contributed by atoms with Crippen LogP contribution in [0.1, 0.15) is 18.2 Å². The molecule has 0 saturated carbocycles. The number of alkyl halides is 1. The lowest BCUT2D eigenvalue weighted by Gasteiger charge is -2.00. The second kappa shape index (κ2) is 4.30. The van der Waals surface area contributed by atoms with Gasteiger partial charge < -0.3 is 4.42 Å². The third kappa shape index (κ3) is 1.98. The highest BCUT2D eigenvalue weighted by atomic mass is 35.5. The number of fused-ring (bicyclic) bond motifs is 1. The molecule has 0 spiro atoms. The van der Waals surface area contributed by atoms with Crippen LogP contribution >= 0.6 is 11.6 Å². The van der Waals surface area contributed by atoms with Gasteiger partial charge in [0.1, 0.15) is 11.3 Å². The van der Waals surface area contributed by atoms with Crippen molar-refractivity contribution < 1.29 is 9.21 Å². The summed E-state index contributed by atoms with van der Waals surface area (Å²) >= 11 is 5.74. The highest BCUT2D eigenvalue weighted by molar-refractivity contribution is 6.30. The maximum atomic E-state index is 11.5. The Hall–Kier alpha value is -1.28. The standard InChI is InChI=1S/C13H13ClO2/c1-8-10-5-3-4-6-12(10)16-13(8)7-11(15)9(2)14/h3-6,9H,7H2,1-2H3. The summed E-state index contributed by atoms with van der Waals surface area (Å²) in [5, 5.41) is 0.597. The predicted molar refractivity (Wildman–Crippen MR) is 65.0 cm³/mol. The third-order valence-electron chi connectivity index (χ3n) is 2.72. The van der Waals surface area contributed by atoms with E-state index in [0.29, 0.717) is 0 Å². The van der Waals surface area contributed by atoms with Crippen LogP contribution in [0.3, 0.4) is 0 Å². The number of benzene rings is 1. The van der Waals surface area contributed by atoms with Crippen LogP contribution in [0.15, 0.2) is 28.7 Å². The quantitative estimate of drug-likeness (QED) is 0.764. The van der Waals surface area contributed by atoms with Crippen LogP contribution in [0.4, 0.5) is 0 Å². The summed E-state index contributed by atoms with van der Waals surface area (Å²) in [4.78, 5) is 11.5. The molecule has 1 unspecified atom stereocenters. The normalized spacial score (nSPS) is 12.9. The molecular formula is C13H13ClO2. The van der Waals surface area contributed by atoms with E-state index in [2.05, 4.69) is 0 Å². The van der Waals surface area contributed by atoms with E-state index in [-0.39, 0.29) is 12.2 Å². The molecule has 3 heteroatoms. The van der Waals surface area contributed by atoms with Crippen LogP contribution in [-0.2, 0) is 11.2 Å². The summed E-state index contributed by atoms with van der Waals surface area (Å²) in [6.07, 6.45) is 0.269. The molecule has 0 aliphatic rings. The number of carbonyl (C=O) groups is 1. The molecule has 1 aromatic carbocycles. The minimum absolute atomic E-state index is 0.0103. The number of ketones is 1. The fourth-order valence-electron chi connectivity index (χ4n) is 1.69. The van der Waals surface area contributed by atoms with Gasteiger partial charge in [-0.3, -0.25) is 4.79 Å². The number of Topliss-reactive ketones (excluding diaryl/α,β-unsaturated/α-hetero) is 1. The second-order valence-electron chi connectivity index (χ2n) is 3.91. The van der Waals surface area contributed by atoms with Gasteiger partial charge in [-0.05, 0) is 25.5 Å². The number of halogens is 1. The number of hydrogen-bond acceptors (Lipinski definition) is 2. The molecule has 0 saturated heterocycles. The minimum Gasteiger partial charge on any atom is -0.460 e. The van der Waals surface area contributed by atoms with Gasteiger partial charge >= 0.3 is 0 Å². The molecule has 0 fully saturated rings. The first-order chi connectivity index (χ1) is 7.59. The van der Waals surface area contributed by atoms with Gasteiger partial charge in [0.05, 0.1) is 11.8 Å². The van der Waals surface area contributed by atoms with Crippen molar-refractivity contribution in [2.45, 2.75) is 25.6 Å². The van der Waals surface area contributed by atoms with Crippen molar-refractivity contribution in [3.63, 3.8) is 0 Å². The molecule has 0 radical (unpaired) electrons. The Balaban J connectivity index is 2.38. The molecule has 2 nitrogen and oxygen atoms in total. The van der Waals surface area contributed by atoms with Crippen LogP contribution in [0.25, 0.3) is 11.0 Å². The largest absolute Gasteiger partial charge is 0.460 e. The van der Waals surface area contributed by atoms with E-state index in [9.17, 15) is 4.79 Å². The molecule has 2 rings (SSSR count). The van der Waals surface area contributed by atoms with Crippen molar-refractivity contribution in [2.75, 3.05) is 0 Å². The molecule has 1 heterocycles. The third-order valence-corrected chi connectivity index (χ3v) is 2.96. The van der Waals surface area contributed by atoms with Gasteiger partial charge in [-0.1, -0.05) is 18.2 Å². The van der Waals surface area contributed by atoms with Crippen molar-refractivity contribution >= 4 is 28.4 Å². The zero-order valence-electron chi connectivity index (χ0n) is 9.29. The Kier molecular flexibility index (Phi) is 3.01. The maximum absolute atomic E-state index is 11.5. The van der Waals surface area contributed by atoms with Crippen LogP contribution in [0.5, 0.6) is 0 Å². The van der Waals surface area contributed by atoms with Gasteiger partial charge in [-0.15, -0.1) is 11.6 Å². The Bertz CT molecular complexity index is 526. The number of rotatable bonds is 3. The fourth-order valence-corrected chi connectivity index (χ4v) is 1.77. The molecule has 0 bridgehead atoms. The first-order valence-electron chi connectivity index (χ1n) is 5.23. The SMILES string of the molecule is Cc1c(CC(=O)C(C)Cl)oc2ccccc12. The number of para-hydroxylation sites is 1. The Morgan fingerprint density at radius 1 is 1.44 bits per heavy atom. The second-order valence-corrected chi connectivity index (χ2v) is 4.56. The highest BCUT2D eigenvalue weighted by Gasteiger charge is 2.16. The molecule has 1 atom stereocenters. The van der Waals surface area contributed by atoms with Gasteiger partial charge in [-0.2, -0.15) is 0 Å². The van der Waals surface area contributed by atoms with Crippen LogP contribution in [0.2, 0.25) is 0 Å². The summed E-state index contributed by atoms with van der Waals surface area (Å²) < 4.78 is 5.64. The van der Waals surface area contributed by atoms with E-state index < -0.39 is 5.38 Å². The first kappa shape index (κ1) is 11.2. The molecular weight excluding hydrogens is 224 g/mol. The summed E-state index contributed by atoms with van der Waals surface area (Å²) in [7, 11) is 0. The smallest absolute Gasteiger partial charge is 0.157 e. The summed E-state index contributed by atoms with van der Waals surface area (Å²) in [6, 6.07) is 7.77. The van der Waals surface area contributed by atoms with Gasteiger partial charge in [0.2, 0.25) is 0 Å². The van der Waals surface area contributed by atoms with Gasteiger partial charge in [-0.25, -0.2) is 0 Å². The first-order valence-corrected chi connectivity index (χ1v) is 5.67. The summed E-state index contributed by atoms with van der Waals surface area (Å²) in [5.74, 6) is 0.711. The Morgan fingerprint density at radius 3 is 2.75 bits per heavy atom. The molecule has 0 N–H and O–H groups in total. The van der Waals surface area contributed by atoms with Crippen LogP contribution in [0, 0.1) is 6.92 Å². The molecule has 84 valence electrons. The lowest BCUT2D eigenvalue weighted by molar-refractivity contribution is -0.118. The van der Waals surface area contributed by atoms with Crippen LogP contribution in [-0.4, -0.2) is 11.2 Å². The highest BCUT2D eigenvalue weighted by Crippen LogP contribution is 2.25. The van der Waals surface area contributed by atoms with Crippen molar-refractivity contribution in [3.05, 3.63) is 35.6 Å². The van der Waals surface area contributed by atoms with Gasteiger partial charge in [0.15, 0.2) is 5.78 Å². The number of hydrogen-bond donors (Lipinski definition) is 0. The molecule has 16 heavy (non-hydrogen) atoms.